The number of hydrogen-bond acceptors (Lipinski definition) is 3. The van der Waals surface area contributed by atoms with E-state index in [0.717, 1.165) is 36.2 Å². The molecule has 0 radical (unpaired) electrons. The third-order valence-electron chi connectivity index (χ3n) is 3.58. The minimum absolute atomic E-state index is 0.210. The van der Waals surface area contributed by atoms with Crippen molar-refractivity contribution >= 4 is 22.0 Å². The van der Waals surface area contributed by atoms with Crippen LogP contribution in [0.1, 0.15) is 33.6 Å². The summed E-state index contributed by atoms with van der Waals surface area (Å²) in [6.07, 6.45) is 1.69. The maximum Gasteiger partial charge on any atom is 0.410 e. The summed E-state index contributed by atoms with van der Waals surface area (Å²) in [7, 11) is 0. The molecule has 0 N–H and O–H groups in total. The fraction of sp³-hybridized carbons (Fsp3) is 0.588. The molecule has 1 aromatic rings. The Morgan fingerprint density at radius 2 is 1.91 bits per heavy atom. The average Bonchev–Trinajstić information content (AvgIpc) is 2.45. The second kappa shape index (κ2) is 7.36. The zero-order chi connectivity index (χ0) is 16.2. The number of nitrogens with zero attached hydrogens (tertiary/aromatic N) is 1. The van der Waals surface area contributed by atoms with E-state index in [4.69, 9.17) is 9.47 Å². The van der Waals surface area contributed by atoms with Gasteiger partial charge in [0.15, 0.2) is 0 Å². The number of ether oxygens (including phenoxy) is 2. The van der Waals surface area contributed by atoms with Gasteiger partial charge in [-0.25, -0.2) is 4.79 Å². The SMILES string of the molecule is CC(C)(C)OC(=O)N1CCC(COc2ccccc2Br)CC1. The van der Waals surface area contributed by atoms with Crippen LogP contribution in [0.15, 0.2) is 28.7 Å². The van der Waals surface area contributed by atoms with Gasteiger partial charge in [-0.1, -0.05) is 12.1 Å². The lowest BCUT2D eigenvalue weighted by Gasteiger charge is -2.33. The first-order valence-electron chi connectivity index (χ1n) is 7.70. The fourth-order valence-corrected chi connectivity index (χ4v) is 2.78. The van der Waals surface area contributed by atoms with Crippen molar-refractivity contribution in [2.75, 3.05) is 19.7 Å². The summed E-state index contributed by atoms with van der Waals surface area (Å²) in [5.41, 5.74) is -0.434. The first-order valence-corrected chi connectivity index (χ1v) is 8.50. The molecule has 1 amide bonds. The molecular weight excluding hydrogens is 346 g/mol. The summed E-state index contributed by atoms with van der Waals surface area (Å²) in [6, 6.07) is 7.86. The van der Waals surface area contributed by atoms with Gasteiger partial charge in [-0.15, -0.1) is 0 Å². The number of halogens is 1. The van der Waals surface area contributed by atoms with Crippen LogP contribution in [0.25, 0.3) is 0 Å². The van der Waals surface area contributed by atoms with Crippen LogP contribution < -0.4 is 4.74 Å². The number of carbonyl (C=O) groups excluding carboxylic acids is 1. The number of amides is 1. The molecule has 0 spiro atoms. The third-order valence-corrected chi connectivity index (χ3v) is 4.23. The van der Waals surface area contributed by atoms with Crippen LogP contribution >= 0.6 is 15.9 Å². The molecule has 1 saturated heterocycles. The summed E-state index contributed by atoms with van der Waals surface area (Å²) in [6.45, 7) is 7.83. The summed E-state index contributed by atoms with van der Waals surface area (Å²) >= 11 is 3.48. The highest BCUT2D eigenvalue weighted by Gasteiger charge is 2.27. The predicted molar refractivity (Wildman–Crippen MR) is 90.2 cm³/mol. The van der Waals surface area contributed by atoms with Crippen LogP contribution in [0.4, 0.5) is 4.79 Å². The number of hydrogen-bond donors (Lipinski definition) is 0. The van der Waals surface area contributed by atoms with Crippen LogP contribution in [0, 0.1) is 5.92 Å². The summed E-state index contributed by atoms with van der Waals surface area (Å²) in [4.78, 5) is 13.8. The number of benzene rings is 1. The van der Waals surface area contributed by atoms with E-state index < -0.39 is 5.60 Å². The van der Waals surface area contributed by atoms with Crippen molar-refractivity contribution < 1.29 is 14.3 Å². The van der Waals surface area contributed by atoms with Crippen LogP contribution in [0.3, 0.4) is 0 Å². The fourth-order valence-electron chi connectivity index (χ4n) is 2.38. The van der Waals surface area contributed by atoms with E-state index in [-0.39, 0.29) is 6.09 Å². The molecular formula is C17H24BrNO3. The average molecular weight is 370 g/mol. The zero-order valence-corrected chi connectivity index (χ0v) is 15.1. The van der Waals surface area contributed by atoms with E-state index in [9.17, 15) is 4.79 Å². The number of likely N-dealkylation sites (tertiary alicyclic amines) is 1. The van der Waals surface area contributed by atoms with Crippen molar-refractivity contribution in [3.05, 3.63) is 28.7 Å². The Labute approximate surface area is 140 Å². The molecule has 0 unspecified atom stereocenters. The molecule has 122 valence electrons. The van der Waals surface area contributed by atoms with E-state index in [2.05, 4.69) is 15.9 Å². The first-order chi connectivity index (χ1) is 10.3. The van der Waals surface area contributed by atoms with E-state index in [1.165, 1.54) is 0 Å². The van der Waals surface area contributed by atoms with Gasteiger partial charge in [0.05, 0.1) is 11.1 Å². The normalized spacial score (nSPS) is 16.5. The Morgan fingerprint density at radius 1 is 1.27 bits per heavy atom. The lowest BCUT2D eigenvalue weighted by molar-refractivity contribution is 0.0165. The maximum atomic E-state index is 12.0. The van der Waals surface area contributed by atoms with Crippen molar-refractivity contribution in [1.29, 1.82) is 0 Å². The Morgan fingerprint density at radius 3 is 2.50 bits per heavy atom. The van der Waals surface area contributed by atoms with Crippen LogP contribution in [0.5, 0.6) is 5.75 Å². The third kappa shape index (κ3) is 5.20. The van der Waals surface area contributed by atoms with Crippen molar-refractivity contribution in [3.63, 3.8) is 0 Å². The Balaban J connectivity index is 1.76. The number of piperidine rings is 1. The topological polar surface area (TPSA) is 38.8 Å². The van der Waals surface area contributed by atoms with Gasteiger partial charge in [0, 0.05) is 13.1 Å². The molecule has 1 fully saturated rings. The highest BCUT2D eigenvalue weighted by Crippen LogP contribution is 2.26. The van der Waals surface area contributed by atoms with Gasteiger partial charge >= 0.3 is 6.09 Å². The quantitative estimate of drug-likeness (QED) is 0.788. The number of carbonyl (C=O) groups is 1. The highest BCUT2D eigenvalue weighted by molar-refractivity contribution is 9.10. The molecule has 1 aliphatic heterocycles. The van der Waals surface area contributed by atoms with Gasteiger partial charge < -0.3 is 14.4 Å². The van der Waals surface area contributed by atoms with Crippen LogP contribution in [0.2, 0.25) is 0 Å². The Hall–Kier alpha value is -1.23. The highest BCUT2D eigenvalue weighted by atomic mass is 79.9. The van der Waals surface area contributed by atoms with Crippen LogP contribution in [-0.2, 0) is 4.74 Å². The van der Waals surface area contributed by atoms with Crippen molar-refractivity contribution in [2.45, 2.75) is 39.2 Å². The zero-order valence-electron chi connectivity index (χ0n) is 13.5. The smallest absolute Gasteiger partial charge is 0.410 e. The molecule has 0 aliphatic carbocycles. The predicted octanol–water partition coefficient (Wildman–Crippen LogP) is 4.48. The van der Waals surface area contributed by atoms with Gasteiger partial charge in [-0.2, -0.15) is 0 Å². The molecule has 0 bridgehead atoms. The number of para-hydroxylation sites is 1. The van der Waals surface area contributed by atoms with Crippen molar-refractivity contribution in [2.24, 2.45) is 5.92 Å². The van der Waals surface area contributed by atoms with Gasteiger partial charge in [-0.05, 0) is 67.6 Å². The van der Waals surface area contributed by atoms with Crippen molar-refractivity contribution in [1.82, 2.24) is 4.90 Å². The largest absolute Gasteiger partial charge is 0.492 e. The molecule has 2 rings (SSSR count). The molecule has 1 aliphatic rings. The van der Waals surface area contributed by atoms with Gasteiger partial charge in [0.2, 0.25) is 0 Å². The van der Waals surface area contributed by atoms with E-state index in [1.54, 1.807) is 4.90 Å². The van der Waals surface area contributed by atoms with Crippen LogP contribution in [-0.4, -0.2) is 36.3 Å². The van der Waals surface area contributed by atoms with Gasteiger partial charge in [0.1, 0.15) is 11.4 Å². The molecule has 1 aromatic carbocycles. The maximum absolute atomic E-state index is 12.0. The monoisotopic (exact) mass is 369 g/mol. The molecule has 0 atom stereocenters. The molecule has 4 nitrogen and oxygen atoms in total. The Kier molecular flexibility index (Phi) is 5.73. The summed E-state index contributed by atoms with van der Waals surface area (Å²) in [5.74, 6) is 1.35. The minimum atomic E-state index is -0.434. The second-order valence-electron chi connectivity index (χ2n) is 6.65. The minimum Gasteiger partial charge on any atom is -0.492 e. The standard InChI is InChI=1S/C17H24BrNO3/c1-17(2,3)22-16(20)19-10-8-13(9-11-19)12-21-15-7-5-4-6-14(15)18/h4-7,13H,8-12H2,1-3H3. The van der Waals surface area contributed by atoms with Gasteiger partial charge in [0.25, 0.3) is 0 Å². The lowest BCUT2D eigenvalue weighted by Crippen LogP contribution is -2.42. The lowest BCUT2D eigenvalue weighted by atomic mass is 9.98. The molecule has 0 aromatic heterocycles. The summed E-state index contributed by atoms with van der Waals surface area (Å²) < 4.78 is 12.3. The second-order valence-corrected chi connectivity index (χ2v) is 7.51. The summed E-state index contributed by atoms with van der Waals surface area (Å²) in [5, 5.41) is 0. The molecule has 1 heterocycles. The van der Waals surface area contributed by atoms with E-state index in [0.29, 0.717) is 12.5 Å². The molecule has 0 saturated carbocycles. The van der Waals surface area contributed by atoms with Crippen molar-refractivity contribution in [3.8, 4) is 5.75 Å². The molecule has 5 heteroatoms. The van der Waals surface area contributed by atoms with E-state index >= 15 is 0 Å². The number of rotatable bonds is 3. The first kappa shape index (κ1) is 17.1. The Bertz CT molecular complexity index is 505. The van der Waals surface area contributed by atoms with Gasteiger partial charge in [-0.3, -0.25) is 0 Å². The van der Waals surface area contributed by atoms with E-state index in [1.807, 2.05) is 45.0 Å². The molecule has 22 heavy (non-hydrogen) atoms.